The highest BCUT2D eigenvalue weighted by Gasteiger charge is 2.25. The average Bonchev–Trinajstić information content (AvgIpc) is 2.81. The van der Waals surface area contributed by atoms with Gasteiger partial charge in [0.25, 0.3) is 0 Å². The van der Waals surface area contributed by atoms with Gasteiger partial charge < -0.3 is 10.2 Å². The summed E-state index contributed by atoms with van der Waals surface area (Å²) in [6.45, 7) is 7.50. The molecule has 1 saturated heterocycles. The summed E-state index contributed by atoms with van der Waals surface area (Å²) in [5.41, 5.74) is 0. The van der Waals surface area contributed by atoms with E-state index >= 15 is 0 Å². The molecule has 1 aliphatic heterocycles. The Balaban J connectivity index is 1.70. The molecule has 0 radical (unpaired) electrons. The van der Waals surface area contributed by atoms with Crippen molar-refractivity contribution in [3.8, 4) is 0 Å². The highest BCUT2D eigenvalue weighted by molar-refractivity contribution is 4.82. The lowest BCUT2D eigenvalue weighted by atomic mass is 10.2. The second kappa shape index (κ2) is 5.13. The molecule has 2 nitrogen and oxygen atoms in total. The molecule has 1 atom stereocenters. The molecule has 2 rings (SSSR count). The largest absolute Gasteiger partial charge is 0.313 e. The summed E-state index contributed by atoms with van der Waals surface area (Å²) in [5.74, 6) is 1.04. The third kappa shape index (κ3) is 3.25. The molecule has 82 valence electrons. The Morgan fingerprint density at radius 2 is 2.07 bits per heavy atom. The molecule has 14 heavy (non-hydrogen) atoms. The maximum atomic E-state index is 3.60. The van der Waals surface area contributed by atoms with Crippen molar-refractivity contribution in [1.82, 2.24) is 10.2 Å². The van der Waals surface area contributed by atoms with Crippen molar-refractivity contribution in [2.24, 2.45) is 5.92 Å². The minimum atomic E-state index is 0.792. The minimum Gasteiger partial charge on any atom is -0.313 e. The molecule has 2 aliphatic rings. The van der Waals surface area contributed by atoms with E-state index in [1.54, 1.807) is 0 Å². The Labute approximate surface area is 88.1 Å². The summed E-state index contributed by atoms with van der Waals surface area (Å²) in [7, 11) is 0. The Kier molecular flexibility index (Phi) is 3.82. The predicted octanol–water partition coefficient (Wildman–Crippen LogP) is 1.86. The summed E-state index contributed by atoms with van der Waals surface area (Å²) in [5, 5.41) is 3.60. The van der Waals surface area contributed by atoms with E-state index in [-0.39, 0.29) is 0 Å². The van der Waals surface area contributed by atoms with Crippen molar-refractivity contribution in [1.29, 1.82) is 0 Å². The van der Waals surface area contributed by atoms with Crippen LogP contribution >= 0.6 is 0 Å². The van der Waals surface area contributed by atoms with Crippen LogP contribution in [0.4, 0.5) is 0 Å². The van der Waals surface area contributed by atoms with Crippen LogP contribution in [0.15, 0.2) is 0 Å². The highest BCUT2D eigenvalue weighted by atomic mass is 15.2. The zero-order valence-electron chi connectivity index (χ0n) is 9.47. The number of nitrogens with one attached hydrogen (secondary N) is 1. The first kappa shape index (κ1) is 10.4. The monoisotopic (exact) mass is 196 g/mol. The van der Waals surface area contributed by atoms with E-state index < -0.39 is 0 Å². The lowest BCUT2D eigenvalue weighted by molar-refractivity contribution is 0.240. The topological polar surface area (TPSA) is 15.3 Å². The summed E-state index contributed by atoms with van der Waals surface area (Å²) in [4.78, 5) is 2.68. The van der Waals surface area contributed by atoms with Gasteiger partial charge in [0.05, 0.1) is 0 Å². The van der Waals surface area contributed by atoms with Gasteiger partial charge in [-0.15, -0.1) is 0 Å². The van der Waals surface area contributed by atoms with Gasteiger partial charge >= 0.3 is 0 Å². The predicted molar refractivity (Wildman–Crippen MR) is 60.5 cm³/mol. The fourth-order valence-corrected chi connectivity index (χ4v) is 2.46. The van der Waals surface area contributed by atoms with Gasteiger partial charge in [0, 0.05) is 19.1 Å². The second-order valence-corrected chi connectivity index (χ2v) is 5.00. The lowest BCUT2D eigenvalue weighted by Crippen LogP contribution is -2.39. The van der Waals surface area contributed by atoms with Crippen LogP contribution in [0.25, 0.3) is 0 Å². The van der Waals surface area contributed by atoms with Gasteiger partial charge in [-0.1, -0.05) is 6.92 Å². The third-order valence-electron chi connectivity index (χ3n) is 3.39. The number of hydrogen-bond acceptors (Lipinski definition) is 2. The minimum absolute atomic E-state index is 0.792. The molecular formula is C12H24N2. The summed E-state index contributed by atoms with van der Waals surface area (Å²) >= 11 is 0. The molecule has 1 N–H and O–H groups in total. The Morgan fingerprint density at radius 1 is 1.21 bits per heavy atom. The standard InChI is InChI=1S/C12H24N2/c1-2-8-14(9-11-5-6-11)10-12-4-3-7-13-12/h11-13H,2-10H2,1H3/t12-/m1/s1. The Morgan fingerprint density at radius 3 is 2.64 bits per heavy atom. The van der Waals surface area contributed by atoms with Crippen LogP contribution in [0.2, 0.25) is 0 Å². The average molecular weight is 196 g/mol. The van der Waals surface area contributed by atoms with E-state index in [0.717, 1.165) is 12.0 Å². The lowest BCUT2D eigenvalue weighted by Gasteiger charge is -2.25. The van der Waals surface area contributed by atoms with Crippen LogP contribution < -0.4 is 5.32 Å². The number of hydrogen-bond donors (Lipinski definition) is 1. The van der Waals surface area contributed by atoms with Crippen molar-refractivity contribution >= 4 is 0 Å². The molecule has 1 aliphatic carbocycles. The van der Waals surface area contributed by atoms with Crippen molar-refractivity contribution in [2.45, 2.75) is 45.1 Å². The quantitative estimate of drug-likeness (QED) is 0.697. The first-order chi connectivity index (χ1) is 6.88. The molecule has 0 amide bonds. The van der Waals surface area contributed by atoms with Crippen LogP contribution in [0, 0.1) is 5.92 Å². The molecule has 1 saturated carbocycles. The molecular weight excluding hydrogens is 172 g/mol. The first-order valence-corrected chi connectivity index (χ1v) is 6.34. The maximum absolute atomic E-state index is 3.60. The Bertz CT molecular complexity index is 160. The molecule has 0 aromatic carbocycles. The number of rotatable bonds is 6. The third-order valence-corrected chi connectivity index (χ3v) is 3.39. The van der Waals surface area contributed by atoms with Crippen LogP contribution in [-0.2, 0) is 0 Å². The summed E-state index contributed by atoms with van der Waals surface area (Å²) in [6, 6.07) is 0.792. The van der Waals surface area contributed by atoms with Gasteiger partial charge in [0.2, 0.25) is 0 Å². The number of nitrogens with zero attached hydrogens (tertiary/aromatic N) is 1. The van der Waals surface area contributed by atoms with Crippen molar-refractivity contribution in [3.63, 3.8) is 0 Å². The smallest absolute Gasteiger partial charge is 0.0195 e. The van der Waals surface area contributed by atoms with Crippen LogP contribution in [0.1, 0.15) is 39.0 Å². The molecule has 0 spiro atoms. The molecule has 0 aromatic rings. The van der Waals surface area contributed by atoms with Gasteiger partial charge in [0.15, 0.2) is 0 Å². The molecule has 2 fully saturated rings. The van der Waals surface area contributed by atoms with E-state index in [4.69, 9.17) is 0 Å². The SMILES string of the molecule is CCCN(CC1CC1)C[C@H]1CCCN1. The Hall–Kier alpha value is -0.0800. The summed E-state index contributed by atoms with van der Waals surface area (Å²) < 4.78 is 0. The van der Waals surface area contributed by atoms with Gasteiger partial charge in [-0.25, -0.2) is 0 Å². The maximum Gasteiger partial charge on any atom is 0.0195 e. The van der Waals surface area contributed by atoms with E-state index in [1.165, 1.54) is 58.3 Å². The zero-order valence-corrected chi connectivity index (χ0v) is 9.47. The van der Waals surface area contributed by atoms with Crippen molar-refractivity contribution in [3.05, 3.63) is 0 Å². The first-order valence-electron chi connectivity index (χ1n) is 6.34. The molecule has 0 bridgehead atoms. The highest BCUT2D eigenvalue weighted by Crippen LogP contribution is 2.29. The fraction of sp³-hybridized carbons (Fsp3) is 1.00. The van der Waals surface area contributed by atoms with Gasteiger partial charge in [-0.2, -0.15) is 0 Å². The van der Waals surface area contributed by atoms with Crippen LogP contribution in [-0.4, -0.2) is 37.1 Å². The summed E-state index contributed by atoms with van der Waals surface area (Å²) in [6.07, 6.45) is 7.05. The second-order valence-electron chi connectivity index (χ2n) is 5.00. The van der Waals surface area contributed by atoms with E-state index in [9.17, 15) is 0 Å². The van der Waals surface area contributed by atoms with E-state index in [0.29, 0.717) is 0 Å². The van der Waals surface area contributed by atoms with Gasteiger partial charge in [0.1, 0.15) is 0 Å². The van der Waals surface area contributed by atoms with Crippen LogP contribution in [0.3, 0.4) is 0 Å². The van der Waals surface area contributed by atoms with E-state index in [2.05, 4.69) is 17.1 Å². The fourth-order valence-electron chi connectivity index (χ4n) is 2.46. The van der Waals surface area contributed by atoms with Gasteiger partial charge in [-0.3, -0.25) is 0 Å². The molecule has 1 heterocycles. The molecule has 2 heteroatoms. The van der Waals surface area contributed by atoms with Crippen LogP contribution in [0.5, 0.6) is 0 Å². The van der Waals surface area contributed by atoms with Gasteiger partial charge in [-0.05, 0) is 51.1 Å². The van der Waals surface area contributed by atoms with E-state index in [1.807, 2.05) is 0 Å². The molecule has 0 aromatic heterocycles. The zero-order chi connectivity index (χ0) is 9.80. The van der Waals surface area contributed by atoms with Crippen molar-refractivity contribution < 1.29 is 0 Å². The molecule has 0 unspecified atom stereocenters. The van der Waals surface area contributed by atoms with Crippen molar-refractivity contribution in [2.75, 3.05) is 26.2 Å². The normalized spacial score (nSPS) is 27.4.